The molecule has 0 aromatic heterocycles. The number of carboxylic acids is 1. The number of carbonyl (C=O) groups excluding carboxylic acids is 2. The summed E-state index contributed by atoms with van der Waals surface area (Å²) in [6.07, 6.45) is 0.323. The first kappa shape index (κ1) is 28.5. The Hall–Kier alpha value is -3.55. The zero-order chi connectivity index (χ0) is 28.2. The van der Waals surface area contributed by atoms with Gasteiger partial charge in [-0.3, -0.25) is 4.79 Å². The summed E-state index contributed by atoms with van der Waals surface area (Å²) in [4.78, 5) is 40.5. The molecule has 210 valence electrons. The lowest BCUT2D eigenvalue weighted by molar-refractivity contribution is -0.137. The molecule has 0 spiro atoms. The first-order valence-electron chi connectivity index (χ1n) is 13.8. The van der Waals surface area contributed by atoms with Crippen LogP contribution in [0.25, 0.3) is 11.1 Å². The van der Waals surface area contributed by atoms with Gasteiger partial charge in [-0.2, -0.15) is 0 Å². The molecule has 1 heterocycles. The minimum Gasteiger partial charge on any atom is -0.481 e. The Bertz CT molecular complexity index is 1140. The SMILES string of the molecule is CC1CN(C(=O)OC(C)(C)C)CCC1CN(CCCC(=O)O)C(=O)OCC1c2ccccc2-c2ccccc21. The number of hydrogen-bond donors (Lipinski definition) is 1. The molecule has 2 amide bonds. The second kappa shape index (κ2) is 12.1. The molecule has 1 saturated heterocycles. The van der Waals surface area contributed by atoms with E-state index in [1.54, 1.807) is 9.80 Å². The van der Waals surface area contributed by atoms with Gasteiger partial charge in [0.05, 0.1) is 0 Å². The highest BCUT2D eigenvalue weighted by atomic mass is 16.6. The Kier molecular flexibility index (Phi) is 8.83. The topological polar surface area (TPSA) is 96.4 Å². The van der Waals surface area contributed by atoms with Crippen LogP contribution in [0.5, 0.6) is 0 Å². The summed E-state index contributed by atoms with van der Waals surface area (Å²) in [7, 11) is 0. The lowest BCUT2D eigenvalue weighted by Crippen LogP contribution is -2.48. The van der Waals surface area contributed by atoms with Gasteiger partial charge in [-0.25, -0.2) is 9.59 Å². The molecule has 4 rings (SSSR count). The zero-order valence-corrected chi connectivity index (χ0v) is 23.4. The highest BCUT2D eigenvalue weighted by Gasteiger charge is 2.34. The molecule has 2 unspecified atom stereocenters. The van der Waals surface area contributed by atoms with Crippen LogP contribution < -0.4 is 0 Å². The van der Waals surface area contributed by atoms with Crippen molar-refractivity contribution in [3.8, 4) is 11.1 Å². The predicted molar refractivity (Wildman–Crippen MR) is 149 cm³/mol. The van der Waals surface area contributed by atoms with Crippen molar-refractivity contribution in [2.45, 2.75) is 58.5 Å². The number of benzene rings is 2. The van der Waals surface area contributed by atoms with E-state index < -0.39 is 17.7 Å². The minimum atomic E-state index is -0.887. The van der Waals surface area contributed by atoms with Crippen molar-refractivity contribution in [2.75, 3.05) is 32.8 Å². The number of carbonyl (C=O) groups is 3. The number of likely N-dealkylation sites (tertiary alicyclic amines) is 1. The fourth-order valence-corrected chi connectivity index (χ4v) is 5.60. The van der Waals surface area contributed by atoms with Crippen LogP contribution in [0, 0.1) is 11.8 Å². The standard InChI is InChI=1S/C31H40N2O6/c1-21-18-33(30(37)39-31(2,3)4)17-15-22(21)19-32(16-9-14-28(34)35)29(36)38-20-27-25-12-7-5-10-23(25)24-11-6-8-13-26(24)27/h5-8,10-13,21-22,27H,9,14-20H2,1-4H3,(H,34,35). The van der Waals surface area contributed by atoms with E-state index in [0.717, 1.165) is 28.7 Å². The Labute approximate surface area is 230 Å². The summed E-state index contributed by atoms with van der Waals surface area (Å²) in [6.45, 7) is 9.72. The van der Waals surface area contributed by atoms with Crippen molar-refractivity contribution in [2.24, 2.45) is 11.8 Å². The molecule has 1 aliphatic carbocycles. The maximum Gasteiger partial charge on any atom is 0.410 e. The lowest BCUT2D eigenvalue weighted by Gasteiger charge is -2.39. The fourth-order valence-electron chi connectivity index (χ4n) is 5.60. The highest BCUT2D eigenvalue weighted by molar-refractivity contribution is 5.79. The molecule has 0 bridgehead atoms. The summed E-state index contributed by atoms with van der Waals surface area (Å²) in [5.74, 6) is -0.622. The van der Waals surface area contributed by atoms with Gasteiger partial charge >= 0.3 is 18.2 Å². The number of amides is 2. The Morgan fingerprint density at radius 1 is 1.03 bits per heavy atom. The molecule has 0 saturated carbocycles. The van der Waals surface area contributed by atoms with Crippen molar-refractivity contribution in [3.05, 3.63) is 59.7 Å². The van der Waals surface area contributed by atoms with Crippen molar-refractivity contribution < 1.29 is 29.0 Å². The Morgan fingerprint density at radius 2 is 1.64 bits per heavy atom. The molecule has 1 aliphatic heterocycles. The summed E-state index contributed by atoms with van der Waals surface area (Å²) >= 11 is 0. The van der Waals surface area contributed by atoms with E-state index in [-0.39, 0.29) is 36.9 Å². The van der Waals surface area contributed by atoms with Gasteiger partial charge in [-0.15, -0.1) is 0 Å². The third-order valence-electron chi connectivity index (χ3n) is 7.60. The quantitative estimate of drug-likeness (QED) is 0.445. The number of ether oxygens (including phenoxy) is 2. The molecule has 2 atom stereocenters. The molecule has 2 aromatic rings. The van der Waals surface area contributed by atoms with E-state index in [1.807, 2.05) is 45.0 Å². The van der Waals surface area contributed by atoms with Gasteiger partial charge in [0.1, 0.15) is 12.2 Å². The average molecular weight is 537 g/mol. The van der Waals surface area contributed by atoms with Gasteiger partial charge in [-0.05, 0) is 67.7 Å². The number of nitrogens with zero attached hydrogens (tertiary/aromatic N) is 2. The van der Waals surface area contributed by atoms with Crippen molar-refractivity contribution in [1.82, 2.24) is 9.80 Å². The Balaban J connectivity index is 1.40. The lowest BCUT2D eigenvalue weighted by atomic mass is 9.86. The summed E-state index contributed by atoms with van der Waals surface area (Å²) < 4.78 is 11.4. The first-order valence-corrected chi connectivity index (χ1v) is 13.8. The van der Waals surface area contributed by atoms with E-state index in [9.17, 15) is 14.4 Å². The van der Waals surface area contributed by atoms with Crippen LogP contribution in [-0.4, -0.2) is 71.4 Å². The molecule has 2 aromatic carbocycles. The zero-order valence-electron chi connectivity index (χ0n) is 23.4. The monoisotopic (exact) mass is 536 g/mol. The molecule has 0 radical (unpaired) electrons. The Morgan fingerprint density at radius 3 is 2.21 bits per heavy atom. The molecular formula is C31H40N2O6. The van der Waals surface area contributed by atoms with Gasteiger partial charge in [0.25, 0.3) is 0 Å². The van der Waals surface area contributed by atoms with Crippen LogP contribution >= 0.6 is 0 Å². The van der Waals surface area contributed by atoms with Crippen LogP contribution in [0.4, 0.5) is 9.59 Å². The molecule has 2 aliphatic rings. The van der Waals surface area contributed by atoms with Crippen LogP contribution in [-0.2, 0) is 14.3 Å². The van der Waals surface area contributed by atoms with Crippen LogP contribution in [0.1, 0.15) is 64.0 Å². The van der Waals surface area contributed by atoms with Crippen LogP contribution in [0.2, 0.25) is 0 Å². The van der Waals surface area contributed by atoms with Gasteiger partial charge in [0, 0.05) is 38.5 Å². The van der Waals surface area contributed by atoms with E-state index in [1.165, 1.54) is 0 Å². The maximum atomic E-state index is 13.4. The van der Waals surface area contributed by atoms with Gasteiger partial charge in [-0.1, -0.05) is 55.5 Å². The van der Waals surface area contributed by atoms with Crippen molar-refractivity contribution in [3.63, 3.8) is 0 Å². The highest BCUT2D eigenvalue weighted by Crippen LogP contribution is 2.44. The van der Waals surface area contributed by atoms with E-state index >= 15 is 0 Å². The van der Waals surface area contributed by atoms with E-state index in [0.29, 0.717) is 32.6 Å². The summed E-state index contributed by atoms with van der Waals surface area (Å²) in [5, 5.41) is 9.14. The number of fused-ring (bicyclic) bond motifs is 3. The maximum absolute atomic E-state index is 13.4. The summed E-state index contributed by atoms with van der Waals surface area (Å²) in [5.41, 5.74) is 4.07. The molecule has 8 nitrogen and oxygen atoms in total. The van der Waals surface area contributed by atoms with Crippen LogP contribution in [0.15, 0.2) is 48.5 Å². The van der Waals surface area contributed by atoms with Gasteiger partial charge in [0.15, 0.2) is 0 Å². The largest absolute Gasteiger partial charge is 0.481 e. The van der Waals surface area contributed by atoms with Gasteiger partial charge < -0.3 is 24.4 Å². The number of hydrogen-bond acceptors (Lipinski definition) is 5. The second-order valence-electron chi connectivity index (χ2n) is 11.7. The van der Waals surface area contributed by atoms with E-state index in [2.05, 4.69) is 31.2 Å². The minimum absolute atomic E-state index is 0.0141. The second-order valence-corrected chi connectivity index (χ2v) is 11.7. The number of aliphatic carboxylic acids is 1. The predicted octanol–water partition coefficient (Wildman–Crippen LogP) is 6.00. The molecule has 8 heteroatoms. The molecular weight excluding hydrogens is 496 g/mol. The number of piperidine rings is 1. The van der Waals surface area contributed by atoms with Crippen molar-refractivity contribution >= 4 is 18.2 Å². The molecule has 39 heavy (non-hydrogen) atoms. The third-order valence-corrected chi connectivity index (χ3v) is 7.60. The summed E-state index contributed by atoms with van der Waals surface area (Å²) in [6, 6.07) is 16.4. The molecule has 1 fully saturated rings. The first-order chi connectivity index (χ1) is 18.5. The number of rotatable bonds is 8. The third kappa shape index (κ3) is 7.11. The fraction of sp³-hybridized carbons (Fsp3) is 0.516. The molecule has 1 N–H and O–H groups in total. The average Bonchev–Trinajstić information content (AvgIpc) is 3.20. The van der Waals surface area contributed by atoms with Crippen molar-refractivity contribution in [1.29, 1.82) is 0 Å². The normalized spacial score (nSPS) is 18.7. The van der Waals surface area contributed by atoms with Gasteiger partial charge in [0.2, 0.25) is 0 Å². The smallest absolute Gasteiger partial charge is 0.410 e. The number of carboxylic acid groups (broad SMARTS) is 1. The van der Waals surface area contributed by atoms with E-state index in [4.69, 9.17) is 14.6 Å². The van der Waals surface area contributed by atoms with Crippen LogP contribution in [0.3, 0.4) is 0 Å².